The number of benzene rings is 3. The van der Waals surface area contributed by atoms with Crippen LogP contribution in [-0.4, -0.2) is 22.0 Å². The van der Waals surface area contributed by atoms with Crippen LogP contribution in [0.1, 0.15) is 32.7 Å². The maximum Gasteiger partial charge on any atom is 0.309 e. The van der Waals surface area contributed by atoms with Gasteiger partial charge in [-0.25, -0.2) is 4.98 Å². The van der Waals surface area contributed by atoms with Gasteiger partial charge in [0.2, 0.25) is 0 Å². The van der Waals surface area contributed by atoms with Crippen molar-refractivity contribution >= 4 is 34.0 Å². The molecule has 0 unspecified atom stereocenters. The SMILES string of the molecule is O=C(O)Cc1csc(NC(=O)c2ccc(CNc3ccccc3Cc3ccccc3)cc2)n1. The maximum absolute atomic E-state index is 12.5. The van der Waals surface area contributed by atoms with E-state index < -0.39 is 5.97 Å². The molecule has 6 nitrogen and oxygen atoms in total. The Morgan fingerprint density at radius 3 is 2.36 bits per heavy atom. The summed E-state index contributed by atoms with van der Waals surface area (Å²) < 4.78 is 0. The van der Waals surface area contributed by atoms with Crippen LogP contribution in [0.15, 0.2) is 84.2 Å². The zero-order valence-electron chi connectivity index (χ0n) is 17.8. The Morgan fingerprint density at radius 2 is 1.61 bits per heavy atom. The van der Waals surface area contributed by atoms with E-state index in [0.29, 0.717) is 22.9 Å². The van der Waals surface area contributed by atoms with Gasteiger partial charge in [0.1, 0.15) is 0 Å². The van der Waals surface area contributed by atoms with Gasteiger partial charge in [0, 0.05) is 23.2 Å². The summed E-state index contributed by atoms with van der Waals surface area (Å²) in [6.07, 6.45) is 0.691. The molecule has 0 aliphatic carbocycles. The average molecular weight is 458 g/mol. The number of hydrogen-bond donors (Lipinski definition) is 3. The van der Waals surface area contributed by atoms with Crippen molar-refractivity contribution in [2.24, 2.45) is 0 Å². The van der Waals surface area contributed by atoms with Crippen molar-refractivity contribution in [3.05, 3.63) is 112 Å². The minimum absolute atomic E-state index is 0.164. The molecule has 7 heteroatoms. The topological polar surface area (TPSA) is 91.3 Å². The predicted octanol–water partition coefficient (Wildman–Crippen LogP) is 5.23. The highest BCUT2D eigenvalue weighted by Gasteiger charge is 2.11. The third kappa shape index (κ3) is 6.27. The van der Waals surface area contributed by atoms with E-state index in [1.54, 1.807) is 17.5 Å². The molecular weight excluding hydrogens is 434 g/mol. The van der Waals surface area contributed by atoms with Gasteiger partial charge in [-0.15, -0.1) is 11.3 Å². The fourth-order valence-electron chi connectivity index (χ4n) is 3.40. The van der Waals surface area contributed by atoms with Gasteiger partial charge in [-0.1, -0.05) is 60.7 Å². The van der Waals surface area contributed by atoms with Crippen molar-refractivity contribution < 1.29 is 14.7 Å². The Kier molecular flexibility index (Phi) is 7.12. The molecule has 3 aromatic carbocycles. The highest BCUT2D eigenvalue weighted by molar-refractivity contribution is 7.14. The molecule has 0 aliphatic rings. The van der Waals surface area contributed by atoms with Gasteiger partial charge in [0.15, 0.2) is 5.13 Å². The highest BCUT2D eigenvalue weighted by Crippen LogP contribution is 2.21. The fourth-order valence-corrected chi connectivity index (χ4v) is 4.11. The summed E-state index contributed by atoms with van der Waals surface area (Å²) in [7, 11) is 0. The second-order valence-electron chi connectivity index (χ2n) is 7.54. The van der Waals surface area contributed by atoms with Crippen LogP contribution in [-0.2, 0) is 24.2 Å². The summed E-state index contributed by atoms with van der Waals surface area (Å²) in [5.41, 5.74) is 5.57. The lowest BCUT2D eigenvalue weighted by molar-refractivity contribution is -0.136. The number of carbonyl (C=O) groups is 2. The molecule has 1 aromatic heterocycles. The predicted molar refractivity (Wildman–Crippen MR) is 131 cm³/mol. The number of rotatable bonds is 9. The van der Waals surface area contributed by atoms with E-state index in [4.69, 9.17) is 5.11 Å². The summed E-state index contributed by atoms with van der Waals surface area (Å²) >= 11 is 1.21. The van der Waals surface area contributed by atoms with Crippen molar-refractivity contribution in [2.75, 3.05) is 10.6 Å². The third-order valence-electron chi connectivity index (χ3n) is 5.06. The number of aliphatic carboxylic acids is 1. The van der Waals surface area contributed by atoms with Crippen molar-refractivity contribution in [1.82, 2.24) is 4.98 Å². The number of nitrogens with one attached hydrogen (secondary N) is 2. The first-order valence-electron chi connectivity index (χ1n) is 10.5. The second kappa shape index (κ2) is 10.6. The third-order valence-corrected chi connectivity index (χ3v) is 5.86. The first kappa shape index (κ1) is 22.2. The van der Waals surface area contributed by atoms with E-state index in [1.165, 1.54) is 22.5 Å². The Morgan fingerprint density at radius 1 is 0.879 bits per heavy atom. The number of aromatic nitrogens is 1. The van der Waals surface area contributed by atoms with E-state index in [1.807, 2.05) is 42.5 Å². The second-order valence-corrected chi connectivity index (χ2v) is 8.40. The number of hydrogen-bond acceptors (Lipinski definition) is 5. The smallest absolute Gasteiger partial charge is 0.309 e. The molecule has 0 bridgehead atoms. The van der Waals surface area contributed by atoms with E-state index >= 15 is 0 Å². The molecule has 0 spiro atoms. The van der Waals surface area contributed by atoms with Gasteiger partial charge in [-0.05, 0) is 41.3 Å². The van der Waals surface area contributed by atoms with Crippen LogP contribution in [0.4, 0.5) is 10.8 Å². The normalized spacial score (nSPS) is 10.5. The van der Waals surface area contributed by atoms with E-state index in [2.05, 4.69) is 39.9 Å². The number of nitrogens with zero attached hydrogens (tertiary/aromatic N) is 1. The number of para-hydroxylation sites is 1. The Balaban J connectivity index is 1.35. The molecule has 166 valence electrons. The largest absolute Gasteiger partial charge is 0.481 e. The van der Waals surface area contributed by atoms with Crippen LogP contribution < -0.4 is 10.6 Å². The van der Waals surface area contributed by atoms with Crippen molar-refractivity contribution in [3.8, 4) is 0 Å². The zero-order valence-corrected chi connectivity index (χ0v) is 18.6. The molecule has 4 rings (SSSR count). The number of anilines is 2. The number of carbonyl (C=O) groups excluding carboxylic acids is 1. The minimum Gasteiger partial charge on any atom is -0.481 e. The molecule has 0 radical (unpaired) electrons. The monoisotopic (exact) mass is 457 g/mol. The highest BCUT2D eigenvalue weighted by atomic mass is 32.1. The first-order chi connectivity index (χ1) is 16.1. The van der Waals surface area contributed by atoms with Crippen LogP contribution in [0.5, 0.6) is 0 Å². The quantitative estimate of drug-likeness (QED) is 0.320. The number of carboxylic acids is 1. The number of thiazole rings is 1. The average Bonchev–Trinajstić information content (AvgIpc) is 3.25. The summed E-state index contributed by atoms with van der Waals surface area (Å²) in [6.45, 7) is 0.638. The Bertz CT molecular complexity index is 1240. The summed E-state index contributed by atoms with van der Waals surface area (Å²) in [5, 5.41) is 17.1. The maximum atomic E-state index is 12.5. The molecule has 0 saturated heterocycles. The van der Waals surface area contributed by atoms with Gasteiger partial charge < -0.3 is 10.4 Å². The van der Waals surface area contributed by atoms with Gasteiger partial charge in [-0.3, -0.25) is 14.9 Å². The molecule has 0 aliphatic heterocycles. The van der Waals surface area contributed by atoms with Crippen LogP contribution in [0.25, 0.3) is 0 Å². The van der Waals surface area contributed by atoms with Crippen LogP contribution in [0.2, 0.25) is 0 Å². The number of carboxylic acid groups (broad SMARTS) is 1. The van der Waals surface area contributed by atoms with Crippen LogP contribution >= 0.6 is 11.3 Å². The van der Waals surface area contributed by atoms with Crippen LogP contribution in [0.3, 0.4) is 0 Å². The van der Waals surface area contributed by atoms with E-state index in [0.717, 1.165) is 17.7 Å². The molecule has 0 fully saturated rings. The van der Waals surface area contributed by atoms with Crippen molar-refractivity contribution in [3.63, 3.8) is 0 Å². The molecule has 33 heavy (non-hydrogen) atoms. The molecule has 4 aromatic rings. The van der Waals surface area contributed by atoms with E-state index in [9.17, 15) is 9.59 Å². The standard InChI is InChI=1S/C26H23N3O3S/c30-24(31)15-22-17-33-26(28-22)29-25(32)20-12-10-19(11-13-20)16-27-23-9-5-4-8-21(23)14-18-6-2-1-3-7-18/h1-13,17,27H,14-16H2,(H,30,31)(H,28,29,32). The molecule has 0 atom stereocenters. The summed E-state index contributed by atoms with van der Waals surface area (Å²) in [4.78, 5) is 27.4. The first-order valence-corrected chi connectivity index (χ1v) is 11.4. The molecule has 0 saturated carbocycles. The lowest BCUT2D eigenvalue weighted by Crippen LogP contribution is -2.12. The molecule has 3 N–H and O–H groups in total. The van der Waals surface area contributed by atoms with Crippen molar-refractivity contribution in [1.29, 1.82) is 0 Å². The lowest BCUT2D eigenvalue weighted by Gasteiger charge is -2.13. The number of amides is 1. The van der Waals surface area contributed by atoms with Gasteiger partial charge >= 0.3 is 5.97 Å². The Hall–Kier alpha value is -3.97. The molecular formula is C26H23N3O3S. The molecule has 1 amide bonds. The Labute approximate surface area is 196 Å². The minimum atomic E-state index is -0.954. The summed E-state index contributed by atoms with van der Waals surface area (Å²) in [6, 6.07) is 26.0. The van der Waals surface area contributed by atoms with Crippen LogP contribution in [0, 0.1) is 0 Å². The van der Waals surface area contributed by atoms with Gasteiger partial charge in [-0.2, -0.15) is 0 Å². The summed E-state index contributed by atoms with van der Waals surface area (Å²) in [5.74, 6) is -1.23. The van der Waals surface area contributed by atoms with Crippen molar-refractivity contribution in [2.45, 2.75) is 19.4 Å². The zero-order chi connectivity index (χ0) is 23.0. The molecule has 1 heterocycles. The van der Waals surface area contributed by atoms with Gasteiger partial charge in [0.05, 0.1) is 12.1 Å². The van der Waals surface area contributed by atoms with E-state index in [-0.39, 0.29) is 12.3 Å². The van der Waals surface area contributed by atoms with Gasteiger partial charge in [0.25, 0.3) is 5.91 Å². The fraction of sp³-hybridized carbons (Fsp3) is 0.115. The lowest BCUT2D eigenvalue weighted by atomic mass is 10.0.